The van der Waals surface area contributed by atoms with E-state index >= 15 is 0 Å². The molecule has 0 saturated heterocycles. The molecule has 0 amide bonds. The molecule has 2 saturated carbocycles. The predicted octanol–water partition coefficient (Wildman–Crippen LogP) is 6.09. The average molecular weight is 445 g/mol. The smallest absolute Gasteiger partial charge is 0.156 e. The monoisotopic (exact) mass is 444 g/mol. The van der Waals surface area contributed by atoms with E-state index in [9.17, 15) is 13.5 Å². The van der Waals surface area contributed by atoms with Crippen LogP contribution in [0.25, 0.3) is 0 Å². The lowest BCUT2D eigenvalue weighted by Gasteiger charge is -2.42. The minimum Gasteiger partial charge on any atom is -0.393 e. The lowest BCUT2D eigenvalue weighted by molar-refractivity contribution is 0.158. The molecule has 0 radical (unpaired) electrons. The van der Waals surface area contributed by atoms with Gasteiger partial charge in [0.2, 0.25) is 0 Å². The van der Waals surface area contributed by atoms with Crippen molar-refractivity contribution in [2.45, 2.75) is 83.5 Å². The SMILES string of the molecule is C=C1CCC(O)C/C1=C/C=C1\CCC[C@]2(C)C(C(C)/C=C/C(C)(C)S(C)(=O)=O)=CC[C@@H]12. The van der Waals surface area contributed by atoms with Crippen LogP contribution in [-0.4, -0.2) is 30.6 Å². The van der Waals surface area contributed by atoms with Crippen LogP contribution in [-0.2, 0) is 9.84 Å². The van der Waals surface area contributed by atoms with Crippen LogP contribution in [0.5, 0.6) is 0 Å². The standard InChI is InChI=1S/C27H40O3S/c1-19-9-12-23(28)18-22(19)11-10-21-8-7-16-27(5)24(13-14-25(21)27)20(2)15-17-26(3,4)31(6,29)30/h10-11,13,15,17,20,23,25,28H,1,7-9,12,14,16,18H2,2-6H3/b17-15+,21-10+,22-11-/t20?,23?,25-,27+/m0/s1. The Balaban J connectivity index is 1.80. The van der Waals surface area contributed by atoms with Crippen LogP contribution < -0.4 is 0 Å². The van der Waals surface area contributed by atoms with Gasteiger partial charge in [0.15, 0.2) is 9.84 Å². The number of rotatable bonds is 5. The number of aliphatic hydroxyl groups is 1. The van der Waals surface area contributed by atoms with Crippen molar-refractivity contribution in [2.75, 3.05) is 6.26 Å². The van der Waals surface area contributed by atoms with Gasteiger partial charge in [-0.2, -0.15) is 0 Å². The summed E-state index contributed by atoms with van der Waals surface area (Å²) in [6.45, 7) is 12.3. The average Bonchev–Trinajstić information content (AvgIpc) is 3.03. The van der Waals surface area contributed by atoms with Gasteiger partial charge in [-0.15, -0.1) is 0 Å². The first kappa shape index (κ1) is 24.3. The minimum absolute atomic E-state index is 0.130. The van der Waals surface area contributed by atoms with E-state index in [-0.39, 0.29) is 17.4 Å². The molecule has 4 heteroatoms. The summed E-state index contributed by atoms with van der Waals surface area (Å²) in [7, 11) is -3.14. The van der Waals surface area contributed by atoms with Gasteiger partial charge in [0.25, 0.3) is 0 Å². The molecule has 4 atom stereocenters. The molecule has 3 aliphatic carbocycles. The molecule has 3 nitrogen and oxygen atoms in total. The molecular weight excluding hydrogens is 404 g/mol. The largest absolute Gasteiger partial charge is 0.393 e. The minimum atomic E-state index is -3.14. The zero-order valence-electron chi connectivity index (χ0n) is 19.9. The molecule has 0 spiro atoms. The van der Waals surface area contributed by atoms with Crippen molar-refractivity contribution in [3.05, 3.63) is 59.3 Å². The summed E-state index contributed by atoms with van der Waals surface area (Å²) in [5.74, 6) is 0.732. The van der Waals surface area contributed by atoms with Gasteiger partial charge in [-0.1, -0.05) is 67.5 Å². The number of aliphatic hydroxyl groups excluding tert-OH is 1. The quantitative estimate of drug-likeness (QED) is 0.522. The summed E-state index contributed by atoms with van der Waals surface area (Å²) in [6.07, 6.45) is 18.9. The topological polar surface area (TPSA) is 54.4 Å². The molecule has 2 fully saturated rings. The number of hydrogen-bond acceptors (Lipinski definition) is 3. The van der Waals surface area contributed by atoms with E-state index in [0.29, 0.717) is 12.3 Å². The normalized spacial score (nSPS) is 33.7. The van der Waals surface area contributed by atoms with Crippen molar-refractivity contribution >= 4 is 9.84 Å². The van der Waals surface area contributed by atoms with E-state index in [1.54, 1.807) is 13.8 Å². The fraction of sp³-hybridized carbons (Fsp3) is 0.630. The Labute approximate surface area is 189 Å². The third-order valence-corrected chi connectivity index (χ3v) is 10.1. The first-order valence-electron chi connectivity index (χ1n) is 11.7. The maximum Gasteiger partial charge on any atom is 0.156 e. The predicted molar refractivity (Wildman–Crippen MR) is 131 cm³/mol. The summed E-state index contributed by atoms with van der Waals surface area (Å²) >= 11 is 0. The highest BCUT2D eigenvalue weighted by Crippen LogP contribution is 2.56. The fourth-order valence-electron chi connectivity index (χ4n) is 5.56. The van der Waals surface area contributed by atoms with E-state index in [1.807, 2.05) is 6.08 Å². The summed E-state index contributed by atoms with van der Waals surface area (Å²) in [6, 6.07) is 0. The Hall–Kier alpha value is -1.39. The first-order chi connectivity index (χ1) is 14.3. The molecule has 0 bridgehead atoms. The molecule has 0 aromatic heterocycles. The number of sulfone groups is 1. The lowest BCUT2D eigenvalue weighted by atomic mass is 9.62. The zero-order chi connectivity index (χ0) is 23.0. The summed E-state index contributed by atoms with van der Waals surface area (Å²) in [5, 5.41) is 10.0. The van der Waals surface area contributed by atoms with E-state index in [4.69, 9.17) is 0 Å². The molecule has 1 N–H and O–H groups in total. The van der Waals surface area contributed by atoms with Gasteiger partial charge in [0.1, 0.15) is 0 Å². The molecule has 31 heavy (non-hydrogen) atoms. The van der Waals surface area contributed by atoms with Crippen molar-refractivity contribution in [3.8, 4) is 0 Å². The van der Waals surface area contributed by atoms with Crippen LogP contribution in [0, 0.1) is 17.3 Å². The Morgan fingerprint density at radius 2 is 2.00 bits per heavy atom. The number of hydrogen-bond donors (Lipinski definition) is 1. The molecule has 3 aliphatic rings. The van der Waals surface area contributed by atoms with Crippen LogP contribution in [0.1, 0.15) is 72.6 Å². The Morgan fingerprint density at radius 1 is 1.29 bits per heavy atom. The van der Waals surface area contributed by atoms with Gasteiger partial charge in [-0.3, -0.25) is 0 Å². The van der Waals surface area contributed by atoms with E-state index in [0.717, 1.165) is 25.7 Å². The highest BCUT2D eigenvalue weighted by molar-refractivity contribution is 7.92. The molecular formula is C27H40O3S. The number of allylic oxidation sites excluding steroid dienone is 7. The van der Waals surface area contributed by atoms with Crippen LogP contribution in [0.3, 0.4) is 0 Å². The Kier molecular flexibility index (Phi) is 6.93. The van der Waals surface area contributed by atoms with Gasteiger partial charge >= 0.3 is 0 Å². The molecule has 0 aromatic rings. The van der Waals surface area contributed by atoms with Crippen molar-refractivity contribution in [1.82, 2.24) is 0 Å². The third kappa shape index (κ3) is 5.01. The van der Waals surface area contributed by atoms with Crippen molar-refractivity contribution < 1.29 is 13.5 Å². The molecule has 0 aliphatic heterocycles. The highest BCUT2D eigenvalue weighted by Gasteiger charge is 2.45. The van der Waals surface area contributed by atoms with Crippen molar-refractivity contribution in [1.29, 1.82) is 0 Å². The van der Waals surface area contributed by atoms with Gasteiger partial charge in [-0.05, 0) is 81.6 Å². The van der Waals surface area contributed by atoms with Gasteiger partial charge in [-0.25, -0.2) is 8.42 Å². The van der Waals surface area contributed by atoms with E-state index < -0.39 is 14.6 Å². The van der Waals surface area contributed by atoms with Crippen LogP contribution in [0.2, 0.25) is 0 Å². The zero-order valence-corrected chi connectivity index (χ0v) is 20.8. The molecule has 0 aromatic carbocycles. The van der Waals surface area contributed by atoms with Crippen LogP contribution >= 0.6 is 0 Å². The fourth-order valence-corrected chi connectivity index (χ4v) is 5.88. The van der Waals surface area contributed by atoms with Gasteiger partial charge in [0.05, 0.1) is 10.9 Å². The van der Waals surface area contributed by atoms with Crippen LogP contribution in [0.4, 0.5) is 0 Å². The summed E-state index contributed by atoms with van der Waals surface area (Å²) < 4.78 is 23.3. The van der Waals surface area contributed by atoms with Crippen molar-refractivity contribution in [2.24, 2.45) is 17.3 Å². The lowest BCUT2D eigenvalue weighted by Crippen LogP contribution is -2.32. The van der Waals surface area contributed by atoms with E-state index in [1.165, 1.54) is 41.4 Å². The Morgan fingerprint density at radius 3 is 2.68 bits per heavy atom. The maximum absolute atomic E-state index is 12.1. The second kappa shape index (κ2) is 8.86. The van der Waals surface area contributed by atoms with E-state index in [2.05, 4.69) is 44.7 Å². The summed E-state index contributed by atoms with van der Waals surface area (Å²) in [4.78, 5) is 0. The van der Waals surface area contributed by atoms with Gasteiger partial charge < -0.3 is 5.11 Å². The third-order valence-electron chi connectivity index (χ3n) is 8.03. The second-order valence-corrected chi connectivity index (χ2v) is 13.3. The van der Waals surface area contributed by atoms with Crippen molar-refractivity contribution in [3.63, 3.8) is 0 Å². The van der Waals surface area contributed by atoms with Crippen LogP contribution in [0.15, 0.2) is 59.3 Å². The van der Waals surface area contributed by atoms with Gasteiger partial charge in [0, 0.05) is 6.26 Å². The maximum atomic E-state index is 12.1. The highest BCUT2D eigenvalue weighted by atomic mass is 32.2. The number of fused-ring (bicyclic) bond motifs is 1. The molecule has 0 heterocycles. The summed E-state index contributed by atoms with van der Waals surface area (Å²) in [5.41, 5.74) is 5.45. The Bertz CT molecular complexity index is 945. The molecule has 2 unspecified atom stereocenters. The first-order valence-corrected chi connectivity index (χ1v) is 13.6. The molecule has 3 rings (SSSR count). The molecule has 172 valence electrons. The second-order valence-electron chi connectivity index (χ2n) is 10.7.